The van der Waals surface area contributed by atoms with Gasteiger partial charge in [-0.1, -0.05) is 26.0 Å². The quantitative estimate of drug-likeness (QED) is 0.712. The number of para-hydroxylation sites is 1. The zero-order chi connectivity index (χ0) is 22.7. The number of benzene rings is 1. The predicted molar refractivity (Wildman–Crippen MR) is 125 cm³/mol. The van der Waals surface area contributed by atoms with Gasteiger partial charge in [-0.3, -0.25) is 9.69 Å². The number of amides is 1. The van der Waals surface area contributed by atoms with Crippen LogP contribution in [0, 0.1) is 12.7 Å². The van der Waals surface area contributed by atoms with Crippen LogP contribution in [0.4, 0.5) is 15.9 Å². The predicted octanol–water partition coefficient (Wildman–Crippen LogP) is 2.52. The summed E-state index contributed by atoms with van der Waals surface area (Å²) in [7, 11) is 0. The van der Waals surface area contributed by atoms with E-state index in [2.05, 4.69) is 28.6 Å². The number of piperazine rings is 2. The highest BCUT2D eigenvalue weighted by molar-refractivity contribution is 5.78. The van der Waals surface area contributed by atoms with E-state index in [9.17, 15) is 9.18 Å². The molecule has 1 aromatic heterocycles. The first kappa shape index (κ1) is 22.5. The van der Waals surface area contributed by atoms with Gasteiger partial charge in [-0.25, -0.2) is 14.4 Å². The lowest BCUT2D eigenvalue weighted by molar-refractivity contribution is -0.132. The van der Waals surface area contributed by atoms with Gasteiger partial charge in [0.25, 0.3) is 0 Å². The summed E-state index contributed by atoms with van der Waals surface area (Å²) in [5.74, 6) is 2.12. The van der Waals surface area contributed by atoms with Crippen molar-refractivity contribution in [2.24, 2.45) is 0 Å². The Balaban J connectivity index is 1.26. The van der Waals surface area contributed by atoms with Crippen molar-refractivity contribution in [3.63, 3.8) is 0 Å². The van der Waals surface area contributed by atoms with Crippen LogP contribution in [0.3, 0.4) is 0 Å². The van der Waals surface area contributed by atoms with Crippen molar-refractivity contribution in [1.29, 1.82) is 0 Å². The highest BCUT2D eigenvalue weighted by atomic mass is 19.1. The van der Waals surface area contributed by atoms with Crippen molar-refractivity contribution in [3.05, 3.63) is 47.7 Å². The fourth-order valence-electron chi connectivity index (χ4n) is 4.33. The Morgan fingerprint density at radius 1 is 0.969 bits per heavy atom. The Kier molecular flexibility index (Phi) is 6.89. The van der Waals surface area contributed by atoms with Crippen molar-refractivity contribution in [2.45, 2.75) is 26.7 Å². The number of hydrogen-bond acceptors (Lipinski definition) is 6. The number of carbonyl (C=O) groups excluding carboxylic acids is 1. The fraction of sp³-hybridized carbons (Fsp3) is 0.542. The maximum atomic E-state index is 14.0. The number of aryl methyl sites for hydroxylation is 1. The van der Waals surface area contributed by atoms with E-state index in [0.717, 1.165) is 43.5 Å². The Hall–Kier alpha value is -2.74. The smallest absolute Gasteiger partial charge is 0.236 e. The third kappa shape index (κ3) is 5.18. The molecule has 172 valence electrons. The summed E-state index contributed by atoms with van der Waals surface area (Å²) in [6, 6.07) is 8.88. The lowest BCUT2D eigenvalue weighted by atomic mass is 10.2. The number of aromatic nitrogens is 2. The first-order valence-corrected chi connectivity index (χ1v) is 11.5. The minimum Gasteiger partial charge on any atom is -0.366 e. The van der Waals surface area contributed by atoms with E-state index in [-0.39, 0.29) is 11.7 Å². The molecule has 8 heteroatoms. The topological polar surface area (TPSA) is 55.8 Å². The molecule has 0 spiro atoms. The van der Waals surface area contributed by atoms with Crippen molar-refractivity contribution < 1.29 is 9.18 Å². The van der Waals surface area contributed by atoms with Gasteiger partial charge in [0.05, 0.1) is 12.2 Å². The highest BCUT2D eigenvalue weighted by Gasteiger charge is 2.26. The van der Waals surface area contributed by atoms with Crippen LogP contribution in [0.2, 0.25) is 0 Å². The van der Waals surface area contributed by atoms with Crippen LogP contribution in [-0.2, 0) is 4.79 Å². The molecule has 32 heavy (non-hydrogen) atoms. The van der Waals surface area contributed by atoms with Crippen molar-refractivity contribution in [2.75, 3.05) is 68.7 Å². The van der Waals surface area contributed by atoms with E-state index in [0.29, 0.717) is 44.3 Å². The number of halogens is 1. The first-order chi connectivity index (χ1) is 15.4. The largest absolute Gasteiger partial charge is 0.366 e. The number of hydrogen-bond donors (Lipinski definition) is 0. The number of anilines is 2. The van der Waals surface area contributed by atoms with Gasteiger partial charge >= 0.3 is 0 Å². The van der Waals surface area contributed by atoms with E-state index < -0.39 is 0 Å². The molecule has 7 nitrogen and oxygen atoms in total. The van der Waals surface area contributed by atoms with Crippen LogP contribution in [0.1, 0.15) is 31.3 Å². The van der Waals surface area contributed by atoms with Gasteiger partial charge < -0.3 is 14.7 Å². The van der Waals surface area contributed by atoms with Crippen LogP contribution in [0.15, 0.2) is 30.3 Å². The second kappa shape index (κ2) is 9.81. The van der Waals surface area contributed by atoms with Gasteiger partial charge in [-0.2, -0.15) is 0 Å². The molecular formula is C24H33FN6O. The second-order valence-electron chi connectivity index (χ2n) is 8.96. The Morgan fingerprint density at radius 2 is 1.62 bits per heavy atom. The highest BCUT2D eigenvalue weighted by Crippen LogP contribution is 2.21. The summed E-state index contributed by atoms with van der Waals surface area (Å²) in [4.78, 5) is 30.6. The molecular weight excluding hydrogens is 407 g/mol. The lowest BCUT2D eigenvalue weighted by Crippen LogP contribution is -2.54. The van der Waals surface area contributed by atoms with Crippen LogP contribution < -0.4 is 9.80 Å². The molecule has 0 saturated carbocycles. The minimum absolute atomic E-state index is 0.159. The summed E-state index contributed by atoms with van der Waals surface area (Å²) in [6.45, 7) is 12.6. The normalized spacial score (nSPS) is 17.8. The average Bonchev–Trinajstić information content (AvgIpc) is 2.79. The van der Waals surface area contributed by atoms with E-state index >= 15 is 0 Å². The van der Waals surface area contributed by atoms with Gasteiger partial charge in [0.1, 0.15) is 17.5 Å². The summed E-state index contributed by atoms with van der Waals surface area (Å²) >= 11 is 0. The Morgan fingerprint density at radius 3 is 2.28 bits per heavy atom. The Bertz CT molecular complexity index is 936. The second-order valence-corrected chi connectivity index (χ2v) is 8.96. The molecule has 0 atom stereocenters. The third-order valence-electron chi connectivity index (χ3n) is 6.26. The summed E-state index contributed by atoms with van der Waals surface area (Å²) in [5, 5.41) is 0. The molecule has 1 amide bonds. The summed E-state index contributed by atoms with van der Waals surface area (Å²) in [6.07, 6.45) is 0. The molecule has 0 radical (unpaired) electrons. The van der Waals surface area contributed by atoms with E-state index in [1.54, 1.807) is 12.1 Å². The van der Waals surface area contributed by atoms with Gasteiger partial charge in [-0.05, 0) is 19.1 Å². The maximum Gasteiger partial charge on any atom is 0.236 e. The molecule has 0 aliphatic carbocycles. The standard InChI is InChI=1S/C24H33FN6O/c1-18(2)24-26-19(3)16-22(27-24)30-10-8-28(9-11-30)17-23(32)31-14-12-29(13-15-31)21-7-5-4-6-20(21)25/h4-7,16,18H,8-15,17H2,1-3H3. The SMILES string of the molecule is Cc1cc(N2CCN(CC(=O)N3CCN(c4ccccc4F)CC3)CC2)nc(C(C)C)n1. The molecule has 1 aromatic carbocycles. The number of carbonyl (C=O) groups is 1. The molecule has 0 bridgehead atoms. The lowest BCUT2D eigenvalue weighted by Gasteiger charge is -2.39. The van der Waals surface area contributed by atoms with Crippen molar-refractivity contribution in [1.82, 2.24) is 19.8 Å². The molecule has 2 aromatic rings. The fourth-order valence-corrected chi connectivity index (χ4v) is 4.33. The molecule has 0 N–H and O–H groups in total. The van der Waals surface area contributed by atoms with Gasteiger partial charge in [0.2, 0.25) is 5.91 Å². The van der Waals surface area contributed by atoms with Gasteiger partial charge in [0, 0.05) is 70.0 Å². The van der Waals surface area contributed by atoms with Crippen molar-refractivity contribution in [3.8, 4) is 0 Å². The van der Waals surface area contributed by atoms with Gasteiger partial charge in [0.15, 0.2) is 0 Å². The zero-order valence-corrected chi connectivity index (χ0v) is 19.3. The number of rotatable bonds is 5. The van der Waals surface area contributed by atoms with Crippen LogP contribution >= 0.6 is 0 Å². The molecule has 0 unspecified atom stereocenters. The van der Waals surface area contributed by atoms with Crippen LogP contribution in [0.5, 0.6) is 0 Å². The average molecular weight is 441 g/mol. The molecule has 2 fully saturated rings. The molecule has 4 rings (SSSR count). The number of nitrogens with zero attached hydrogens (tertiary/aromatic N) is 6. The molecule has 3 heterocycles. The van der Waals surface area contributed by atoms with E-state index in [1.807, 2.05) is 28.9 Å². The van der Waals surface area contributed by atoms with Crippen LogP contribution in [0.25, 0.3) is 0 Å². The zero-order valence-electron chi connectivity index (χ0n) is 19.3. The van der Waals surface area contributed by atoms with Crippen LogP contribution in [-0.4, -0.2) is 84.6 Å². The summed E-state index contributed by atoms with van der Waals surface area (Å²) in [5.41, 5.74) is 1.61. The van der Waals surface area contributed by atoms with Crippen molar-refractivity contribution >= 4 is 17.4 Å². The van der Waals surface area contributed by atoms with E-state index in [4.69, 9.17) is 4.98 Å². The Labute approximate surface area is 189 Å². The molecule has 2 aliphatic heterocycles. The third-order valence-corrected chi connectivity index (χ3v) is 6.26. The molecule has 2 aliphatic rings. The summed E-state index contributed by atoms with van der Waals surface area (Å²) < 4.78 is 14.0. The monoisotopic (exact) mass is 440 g/mol. The van der Waals surface area contributed by atoms with E-state index in [1.165, 1.54) is 6.07 Å². The molecule has 2 saturated heterocycles. The van der Waals surface area contributed by atoms with Gasteiger partial charge in [-0.15, -0.1) is 0 Å². The maximum absolute atomic E-state index is 14.0. The first-order valence-electron chi connectivity index (χ1n) is 11.5. The minimum atomic E-state index is -0.204.